The van der Waals surface area contributed by atoms with Gasteiger partial charge in [0.15, 0.2) is 13.2 Å². The number of carbonyl (C=O) groups excluding carboxylic acids is 2. The summed E-state index contributed by atoms with van der Waals surface area (Å²) in [6.45, 7) is 1.75. The summed E-state index contributed by atoms with van der Waals surface area (Å²) in [5.41, 5.74) is 0. The van der Waals surface area contributed by atoms with Gasteiger partial charge in [-0.15, -0.1) is 0 Å². The molecule has 0 saturated heterocycles. The fraction of sp³-hybridized carbons (Fsp3) is 0.200. The van der Waals surface area contributed by atoms with E-state index < -0.39 is 11.9 Å². The summed E-state index contributed by atoms with van der Waals surface area (Å²) in [7, 11) is 0. The zero-order valence-corrected chi connectivity index (χ0v) is 13.9. The van der Waals surface area contributed by atoms with Gasteiger partial charge in [0.1, 0.15) is 5.75 Å². The molecule has 25 heavy (non-hydrogen) atoms. The van der Waals surface area contributed by atoms with E-state index >= 15 is 0 Å². The Morgan fingerprint density at radius 2 is 1.88 bits per heavy atom. The Kier molecular flexibility index (Phi) is 7.08. The molecule has 0 aliphatic heterocycles. The van der Waals surface area contributed by atoms with Crippen LogP contribution in [0.1, 0.15) is 6.92 Å². The van der Waals surface area contributed by atoms with Gasteiger partial charge in [0.05, 0.1) is 6.61 Å². The van der Waals surface area contributed by atoms with Gasteiger partial charge >= 0.3 is 11.9 Å². The smallest absolute Gasteiger partial charge is 0.345 e. The largest absolute Gasteiger partial charge is 0.481 e. The first-order valence-electron chi connectivity index (χ1n) is 7.78. The van der Waals surface area contributed by atoms with Crippen molar-refractivity contribution in [3.8, 4) is 17.6 Å². The van der Waals surface area contributed by atoms with Crippen molar-refractivity contribution in [3.63, 3.8) is 0 Å². The minimum absolute atomic E-state index is 0.0785. The summed E-state index contributed by atoms with van der Waals surface area (Å²) in [5.74, 6) is 4.82. The van der Waals surface area contributed by atoms with E-state index in [2.05, 4.69) is 11.8 Å². The molecule has 0 atom stereocenters. The molecule has 0 N–H and O–H groups in total. The third-order valence-corrected chi connectivity index (χ3v) is 3.09. The van der Waals surface area contributed by atoms with Crippen molar-refractivity contribution in [2.45, 2.75) is 6.92 Å². The van der Waals surface area contributed by atoms with E-state index in [0.717, 1.165) is 10.8 Å². The van der Waals surface area contributed by atoms with E-state index in [1.54, 1.807) is 13.0 Å². The van der Waals surface area contributed by atoms with Gasteiger partial charge in [-0.25, -0.2) is 9.59 Å². The number of esters is 2. The number of benzene rings is 2. The van der Waals surface area contributed by atoms with Gasteiger partial charge in [0.25, 0.3) is 0 Å². The van der Waals surface area contributed by atoms with Crippen molar-refractivity contribution >= 4 is 22.7 Å². The van der Waals surface area contributed by atoms with Crippen LogP contribution in [0.25, 0.3) is 10.8 Å². The Balaban J connectivity index is 1.77. The van der Waals surface area contributed by atoms with Crippen LogP contribution in [0.3, 0.4) is 0 Å². The molecule has 0 unspecified atom stereocenters. The van der Waals surface area contributed by atoms with Crippen molar-refractivity contribution in [1.29, 1.82) is 0 Å². The van der Waals surface area contributed by atoms with Gasteiger partial charge in [-0.3, -0.25) is 0 Å². The Morgan fingerprint density at radius 3 is 2.72 bits per heavy atom. The summed E-state index contributed by atoms with van der Waals surface area (Å²) in [5, 5.41) is 1.97. The first-order chi connectivity index (χ1) is 12.2. The van der Waals surface area contributed by atoms with Crippen LogP contribution in [0, 0.1) is 11.8 Å². The van der Waals surface area contributed by atoms with Crippen LogP contribution >= 0.6 is 0 Å². The number of carbonyl (C=O) groups is 2. The highest BCUT2D eigenvalue weighted by Crippen LogP contribution is 2.24. The first kappa shape index (κ1) is 18.1. The number of hydrogen-bond donors (Lipinski definition) is 0. The molecule has 0 saturated carbocycles. The molecule has 2 aromatic rings. The number of hydrogen-bond acceptors (Lipinski definition) is 5. The molecule has 0 radical (unpaired) electrons. The minimum atomic E-state index is -0.517. The molecule has 0 amide bonds. The third kappa shape index (κ3) is 6.04. The van der Waals surface area contributed by atoms with Gasteiger partial charge in [0.2, 0.25) is 0 Å². The first-order valence-corrected chi connectivity index (χ1v) is 7.78. The summed E-state index contributed by atoms with van der Waals surface area (Å²) >= 11 is 0. The molecule has 0 aliphatic rings. The fourth-order valence-electron chi connectivity index (χ4n) is 2.02. The molecule has 128 valence electrons. The van der Waals surface area contributed by atoms with E-state index in [9.17, 15) is 9.59 Å². The Hall–Kier alpha value is -3.26. The summed E-state index contributed by atoms with van der Waals surface area (Å²) in [6, 6.07) is 13.4. The lowest BCUT2D eigenvalue weighted by Crippen LogP contribution is -2.15. The van der Waals surface area contributed by atoms with E-state index in [-0.39, 0.29) is 13.2 Å². The van der Waals surface area contributed by atoms with Crippen LogP contribution in [-0.4, -0.2) is 31.8 Å². The minimum Gasteiger partial charge on any atom is -0.481 e. The highest BCUT2D eigenvalue weighted by Gasteiger charge is 2.06. The molecule has 0 aromatic heterocycles. The number of ether oxygens (including phenoxy) is 3. The second-order valence-corrected chi connectivity index (χ2v) is 4.83. The molecule has 5 nitrogen and oxygen atoms in total. The molecule has 2 aromatic carbocycles. The van der Waals surface area contributed by atoms with Gasteiger partial charge in [0, 0.05) is 11.5 Å². The lowest BCUT2D eigenvalue weighted by Gasteiger charge is -2.08. The van der Waals surface area contributed by atoms with Gasteiger partial charge in [-0.1, -0.05) is 48.2 Å². The number of rotatable bonds is 6. The Labute approximate surface area is 146 Å². The molecule has 0 heterocycles. The van der Waals surface area contributed by atoms with Crippen molar-refractivity contribution < 1.29 is 23.8 Å². The van der Waals surface area contributed by atoms with Crippen LogP contribution in [-0.2, 0) is 19.1 Å². The van der Waals surface area contributed by atoms with Crippen molar-refractivity contribution in [1.82, 2.24) is 0 Å². The fourth-order valence-corrected chi connectivity index (χ4v) is 2.02. The highest BCUT2D eigenvalue weighted by atomic mass is 16.6. The number of fused-ring (bicyclic) bond motifs is 1. The van der Waals surface area contributed by atoms with E-state index in [1.807, 2.05) is 36.4 Å². The van der Waals surface area contributed by atoms with E-state index in [1.165, 1.54) is 12.2 Å². The quantitative estimate of drug-likeness (QED) is 0.460. The summed E-state index contributed by atoms with van der Waals surface area (Å²) in [6.07, 6.45) is 2.56. The predicted molar refractivity (Wildman–Crippen MR) is 94.0 cm³/mol. The van der Waals surface area contributed by atoms with Crippen molar-refractivity contribution in [3.05, 3.63) is 54.6 Å². The zero-order valence-electron chi connectivity index (χ0n) is 13.9. The summed E-state index contributed by atoms with van der Waals surface area (Å²) < 4.78 is 15.2. The highest BCUT2D eigenvalue weighted by molar-refractivity contribution is 5.88. The maximum absolute atomic E-state index is 11.7. The number of allylic oxidation sites excluding steroid dienone is 1. The molecule has 0 aliphatic carbocycles. The molecule has 0 spiro atoms. The maximum atomic E-state index is 11.7. The average Bonchev–Trinajstić information content (AvgIpc) is 2.63. The van der Waals surface area contributed by atoms with E-state index in [0.29, 0.717) is 12.4 Å². The predicted octanol–water partition coefficient (Wildman–Crippen LogP) is 2.88. The van der Waals surface area contributed by atoms with Crippen LogP contribution in [0.4, 0.5) is 0 Å². The molecular weight excluding hydrogens is 320 g/mol. The van der Waals surface area contributed by atoms with Gasteiger partial charge in [-0.05, 0) is 24.5 Å². The SMILES string of the molecule is CCOC(=O)C=CC#CCOC(=O)COc1cccc2ccccc12. The topological polar surface area (TPSA) is 61.8 Å². The molecule has 0 bridgehead atoms. The molecule has 0 fully saturated rings. The normalized spacial score (nSPS) is 10.1. The van der Waals surface area contributed by atoms with Gasteiger partial charge in [-0.2, -0.15) is 0 Å². The maximum Gasteiger partial charge on any atom is 0.345 e. The van der Waals surface area contributed by atoms with Crippen LogP contribution in [0.2, 0.25) is 0 Å². The summed E-state index contributed by atoms with van der Waals surface area (Å²) in [4.78, 5) is 22.7. The Bertz CT molecular complexity index is 821. The van der Waals surface area contributed by atoms with Crippen molar-refractivity contribution in [2.75, 3.05) is 19.8 Å². The lowest BCUT2D eigenvalue weighted by atomic mass is 10.1. The zero-order chi connectivity index (χ0) is 17.9. The lowest BCUT2D eigenvalue weighted by molar-refractivity contribution is -0.144. The van der Waals surface area contributed by atoms with E-state index in [4.69, 9.17) is 14.2 Å². The second-order valence-electron chi connectivity index (χ2n) is 4.83. The second kappa shape index (κ2) is 9.78. The molecule has 2 rings (SSSR count). The third-order valence-electron chi connectivity index (χ3n) is 3.09. The standard InChI is InChI=1S/C20H18O5/c1-2-23-19(21)13-4-3-7-14-24-20(22)15-25-18-12-8-10-16-9-5-6-11-17(16)18/h4-6,8-13H,2,14-15H2,1H3. The monoisotopic (exact) mass is 338 g/mol. The Morgan fingerprint density at radius 1 is 1.08 bits per heavy atom. The molecule has 5 heteroatoms. The van der Waals surface area contributed by atoms with Crippen LogP contribution in [0.15, 0.2) is 54.6 Å². The van der Waals surface area contributed by atoms with Crippen LogP contribution < -0.4 is 4.74 Å². The van der Waals surface area contributed by atoms with Crippen molar-refractivity contribution in [2.24, 2.45) is 0 Å². The van der Waals surface area contributed by atoms with Crippen LogP contribution in [0.5, 0.6) is 5.75 Å². The van der Waals surface area contributed by atoms with Gasteiger partial charge < -0.3 is 14.2 Å². The average molecular weight is 338 g/mol. The molecular formula is C20H18O5.